The summed E-state index contributed by atoms with van der Waals surface area (Å²) in [6.07, 6.45) is 1.44. The van der Waals surface area contributed by atoms with Crippen LogP contribution in [-0.4, -0.2) is 23.8 Å². The van der Waals surface area contributed by atoms with E-state index in [1.807, 2.05) is 0 Å². The zero-order valence-corrected chi connectivity index (χ0v) is 10.5. The zero-order valence-electron chi connectivity index (χ0n) is 9.67. The largest absolute Gasteiger partial charge is 0.360 e. The summed E-state index contributed by atoms with van der Waals surface area (Å²) in [6, 6.07) is 1.57. The summed E-state index contributed by atoms with van der Waals surface area (Å²) in [4.78, 5) is 0. The smallest absolute Gasteiger partial charge is 0.260 e. The maximum absolute atomic E-state index is 12.0. The molecule has 0 radical (unpaired) electrons. The topological polar surface area (TPSA) is 127 Å². The van der Waals surface area contributed by atoms with Crippen LogP contribution in [0.4, 0.5) is 0 Å². The quantitative estimate of drug-likeness (QED) is 0.681. The third-order valence-electron chi connectivity index (χ3n) is 2.42. The first-order chi connectivity index (χ1) is 8.54. The first-order valence-electron chi connectivity index (χ1n) is 5.17. The van der Waals surface area contributed by atoms with E-state index in [1.165, 1.54) is 6.20 Å². The lowest BCUT2D eigenvalue weighted by Crippen LogP contribution is -2.25. The van der Waals surface area contributed by atoms with Crippen LogP contribution in [0.3, 0.4) is 0 Å². The van der Waals surface area contributed by atoms with Crippen LogP contribution in [0.15, 0.2) is 21.8 Å². The number of nitrogens with two attached hydrogens (primary N) is 1. The number of nitrogens with one attached hydrogen (secondary N) is 2. The molecule has 0 saturated carbocycles. The standard InChI is InChI=1S/C9H13N5O3S/c1-6-8(4-10)9(14-13-6)18(15,16)12-5-7-2-3-11-17-7/h2-3,12H,4-5,10H2,1H3,(H,13,14). The molecule has 0 saturated heterocycles. The molecule has 18 heavy (non-hydrogen) atoms. The first-order valence-corrected chi connectivity index (χ1v) is 6.66. The number of nitrogens with zero attached hydrogens (tertiary/aromatic N) is 2. The van der Waals surface area contributed by atoms with Crippen molar-refractivity contribution in [2.45, 2.75) is 25.0 Å². The summed E-state index contributed by atoms with van der Waals surface area (Å²) in [6.45, 7) is 1.82. The molecule has 0 aliphatic carbocycles. The van der Waals surface area contributed by atoms with Gasteiger partial charge in [0.2, 0.25) is 0 Å². The van der Waals surface area contributed by atoms with E-state index < -0.39 is 10.0 Å². The van der Waals surface area contributed by atoms with Crippen molar-refractivity contribution in [2.24, 2.45) is 5.73 Å². The number of rotatable bonds is 5. The van der Waals surface area contributed by atoms with Gasteiger partial charge in [0.1, 0.15) is 0 Å². The van der Waals surface area contributed by atoms with Gasteiger partial charge in [-0.2, -0.15) is 5.10 Å². The van der Waals surface area contributed by atoms with E-state index in [9.17, 15) is 8.42 Å². The number of sulfonamides is 1. The van der Waals surface area contributed by atoms with E-state index in [2.05, 4.69) is 20.1 Å². The Morgan fingerprint density at radius 1 is 1.56 bits per heavy atom. The molecule has 2 aromatic heterocycles. The fourth-order valence-corrected chi connectivity index (χ4v) is 2.66. The predicted molar refractivity (Wildman–Crippen MR) is 61.7 cm³/mol. The second kappa shape index (κ2) is 4.88. The highest BCUT2D eigenvalue weighted by Gasteiger charge is 2.23. The highest BCUT2D eigenvalue weighted by Crippen LogP contribution is 2.15. The van der Waals surface area contributed by atoms with E-state index in [0.29, 0.717) is 17.0 Å². The molecular formula is C9H13N5O3S. The van der Waals surface area contributed by atoms with Crippen LogP contribution in [0.2, 0.25) is 0 Å². The van der Waals surface area contributed by atoms with Gasteiger partial charge in [0.25, 0.3) is 10.0 Å². The lowest BCUT2D eigenvalue weighted by atomic mass is 10.3. The van der Waals surface area contributed by atoms with Crippen LogP contribution in [0.5, 0.6) is 0 Å². The van der Waals surface area contributed by atoms with Gasteiger partial charge in [0, 0.05) is 23.9 Å². The van der Waals surface area contributed by atoms with Crippen molar-refractivity contribution < 1.29 is 12.9 Å². The molecule has 0 aliphatic heterocycles. The van der Waals surface area contributed by atoms with Gasteiger partial charge in [-0.15, -0.1) is 0 Å². The van der Waals surface area contributed by atoms with E-state index in [1.54, 1.807) is 13.0 Å². The molecule has 0 aromatic carbocycles. The molecule has 0 fully saturated rings. The molecule has 0 atom stereocenters. The molecule has 2 heterocycles. The maximum atomic E-state index is 12.0. The Morgan fingerprint density at radius 3 is 2.94 bits per heavy atom. The average molecular weight is 271 g/mol. The van der Waals surface area contributed by atoms with Crippen molar-refractivity contribution in [3.05, 3.63) is 29.3 Å². The van der Waals surface area contributed by atoms with Crippen LogP contribution < -0.4 is 10.5 Å². The molecule has 9 heteroatoms. The lowest BCUT2D eigenvalue weighted by Gasteiger charge is -2.04. The second-order valence-corrected chi connectivity index (χ2v) is 5.32. The minimum atomic E-state index is -3.72. The molecule has 98 valence electrons. The van der Waals surface area contributed by atoms with Gasteiger partial charge in [-0.1, -0.05) is 5.16 Å². The normalized spacial score (nSPS) is 11.9. The number of hydrogen-bond acceptors (Lipinski definition) is 6. The van der Waals surface area contributed by atoms with Crippen molar-refractivity contribution in [3.8, 4) is 0 Å². The van der Waals surface area contributed by atoms with E-state index in [-0.39, 0.29) is 18.1 Å². The predicted octanol–water partition coefficient (Wildman–Crippen LogP) is -0.357. The van der Waals surface area contributed by atoms with Crippen molar-refractivity contribution in [1.82, 2.24) is 20.1 Å². The van der Waals surface area contributed by atoms with Crippen molar-refractivity contribution in [3.63, 3.8) is 0 Å². The zero-order chi connectivity index (χ0) is 13.2. The van der Waals surface area contributed by atoms with Crippen LogP contribution in [-0.2, 0) is 23.1 Å². The fraction of sp³-hybridized carbons (Fsp3) is 0.333. The molecular weight excluding hydrogens is 258 g/mol. The number of aromatic nitrogens is 3. The monoisotopic (exact) mass is 271 g/mol. The number of hydrogen-bond donors (Lipinski definition) is 3. The van der Waals surface area contributed by atoms with Crippen molar-refractivity contribution >= 4 is 10.0 Å². The Balaban J connectivity index is 2.20. The third kappa shape index (κ3) is 2.42. The fourth-order valence-electron chi connectivity index (χ4n) is 1.46. The van der Waals surface area contributed by atoms with Crippen molar-refractivity contribution in [1.29, 1.82) is 0 Å². The van der Waals surface area contributed by atoms with Gasteiger partial charge in [0.15, 0.2) is 10.8 Å². The van der Waals surface area contributed by atoms with Gasteiger partial charge < -0.3 is 10.3 Å². The summed E-state index contributed by atoms with van der Waals surface area (Å²) in [7, 11) is -3.72. The highest BCUT2D eigenvalue weighted by molar-refractivity contribution is 7.89. The van der Waals surface area contributed by atoms with Gasteiger partial charge >= 0.3 is 0 Å². The summed E-state index contributed by atoms with van der Waals surface area (Å²) >= 11 is 0. The molecule has 8 nitrogen and oxygen atoms in total. The van der Waals surface area contributed by atoms with E-state index in [4.69, 9.17) is 10.3 Å². The van der Waals surface area contributed by atoms with Crippen molar-refractivity contribution in [2.75, 3.05) is 0 Å². The van der Waals surface area contributed by atoms with Gasteiger partial charge in [-0.25, -0.2) is 13.1 Å². The Morgan fingerprint density at radius 2 is 2.33 bits per heavy atom. The third-order valence-corrected chi connectivity index (χ3v) is 3.79. The Kier molecular flexibility index (Phi) is 3.45. The molecule has 0 unspecified atom stereocenters. The average Bonchev–Trinajstić information content (AvgIpc) is 2.95. The lowest BCUT2D eigenvalue weighted by molar-refractivity contribution is 0.380. The van der Waals surface area contributed by atoms with Crippen LogP contribution in [0.25, 0.3) is 0 Å². The molecule has 0 aliphatic rings. The number of H-pyrrole nitrogens is 1. The van der Waals surface area contributed by atoms with E-state index >= 15 is 0 Å². The molecule has 4 N–H and O–H groups in total. The summed E-state index contributed by atoms with van der Waals surface area (Å²) in [5.41, 5.74) is 6.61. The minimum Gasteiger partial charge on any atom is -0.360 e. The van der Waals surface area contributed by atoms with Crippen LogP contribution >= 0.6 is 0 Å². The Hall–Kier alpha value is -1.71. The van der Waals surface area contributed by atoms with Gasteiger partial charge in [-0.05, 0) is 6.92 Å². The molecule has 0 bridgehead atoms. The SMILES string of the molecule is Cc1[nH]nc(S(=O)(=O)NCc2ccno2)c1CN. The highest BCUT2D eigenvalue weighted by atomic mass is 32.2. The first kappa shape index (κ1) is 12.7. The molecule has 0 spiro atoms. The summed E-state index contributed by atoms with van der Waals surface area (Å²) < 4.78 is 31.2. The van der Waals surface area contributed by atoms with Gasteiger partial charge in [0.05, 0.1) is 12.7 Å². The van der Waals surface area contributed by atoms with Gasteiger partial charge in [-0.3, -0.25) is 5.10 Å². The molecule has 0 amide bonds. The van der Waals surface area contributed by atoms with Crippen LogP contribution in [0, 0.1) is 6.92 Å². The summed E-state index contributed by atoms with van der Waals surface area (Å²) in [5.74, 6) is 0.417. The maximum Gasteiger partial charge on any atom is 0.260 e. The Bertz CT molecular complexity index is 617. The van der Waals surface area contributed by atoms with E-state index in [0.717, 1.165) is 0 Å². The summed E-state index contributed by atoms with van der Waals surface area (Å²) in [5, 5.41) is 9.76. The van der Waals surface area contributed by atoms with Crippen LogP contribution in [0.1, 0.15) is 17.0 Å². The molecule has 2 rings (SSSR count). The second-order valence-electron chi connectivity index (χ2n) is 3.64. The minimum absolute atomic E-state index is 0.0122. The molecule has 2 aromatic rings. The number of aromatic amines is 1. The Labute approximate surface area is 104 Å². The number of aryl methyl sites for hydroxylation is 1.